The predicted molar refractivity (Wildman–Crippen MR) is 101 cm³/mol. The summed E-state index contributed by atoms with van der Waals surface area (Å²) in [4.78, 5) is 27.4. The van der Waals surface area contributed by atoms with Crippen molar-refractivity contribution >= 4 is 34.8 Å². The second-order valence-corrected chi connectivity index (χ2v) is 6.49. The van der Waals surface area contributed by atoms with Crippen molar-refractivity contribution in [2.75, 3.05) is 10.6 Å². The van der Waals surface area contributed by atoms with E-state index in [2.05, 4.69) is 20.7 Å². The zero-order chi connectivity index (χ0) is 18.5. The molecule has 8 nitrogen and oxygen atoms in total. The molecule has 26 heavy (non-hydrogen) atoms. The number of hydrogen-bond donors (Lipinski definition) is 3. The molecule has 0 bridgehead atoms. The number of nitrogens with two attached hydrogens (primary N) is 1. The van der Waals surface area contributed by atoms with Crippen LogP contribution in [0.3, 0.4) is 0 Å². The van der Waals surface area contributed by atoms with Crippen LogP contribution >= 0.6 is 11.3 Å². The first kappa shape index (κ1) is 17.6. The second-order valence-electron chi connectivity index (χ2n) is 5.63. The number of nitrogens with zero attached hydrogens (tertiary/aromatic N) is 3. The first-order valence-corrected chi connectivity index (χ1v) is 8.80. The smallest absolute Gasteiger partial charge is 0.324 e. The van der Waals surface area contributed by atoms with E-state index in [1.54, 1.807) is 34.3 Å². The fourth-order valence-electron chi connectivity index (χ4n) is 2.27. The maximum atomic E-state index is 12.2. The minimum atomic E-state index is -0.405. The van der Waals surface area contributed by atoms with Crippen molar-refractivity contribution in [2.24, 2.45) is 5.73 Å². The summed E-state index contributed by atoms with van der Waals surface area (Å²) < 4.78 is 1.55. The number of primary amides is 1. The zero-order valence-corrected chi connectivity index (χ0v) is 14.9. The highest BCUT2D eigenvalue weighted by atomic mass is 32.1. The fraction of sp³-hybridized carbons (Fsp3) is 0.176. The monoisotopic (exact) mass is 370 g/mol. The zero-order valence-electron chi connectivity index (χ0n) is 14.1. The number of rotatable bonds is 6. The number of nitrogens with one attached hydrogen (secondary N) is 2. The summed E-state index contributed by atoms with van der Waals surface area (Å²) >= 11 is 1.56. The summed E-state index contributed by atoms with van der Waals surface area (Å²) in [5.41, 5.74) is 7.67. The molecule has 2 heterocycles. The molecular weight excluding hydrogens is 352 g/mol. The predicted octanol–water partition coefficient (Wildman–Crippen LogP) is 2.83. The maximum Gasteiger partial charge on any atom is 0.324 e. The Morgan fingerprint density at radius 1 is 1.27 bits per heavy atom. The first-order chi connectivity index (χ1) is 12.5. The van der Waals surface area contributed by atoms with Crippen molar-refractivity contribution in [2.45, 2.75) is 19.9 Å². The highest BCUT2D eigenvalue weighted by Gasteiger charge is 2.08. The normalized spacial score (nSPS) is 10.5. The largest absolute Gasteiger partial charge is 0.370 e. The molecule has 0 spiro atoms. The number of carbonyl (C=O) groups excluding carboxylic acids is 2. The first-order valence-electron chi connectivity index (χ1n) is 7.92. The Kier molecular flexibility index (Phi) is 5.28. The molecule has 0 aliphatic carbocycles. The summed E-state index contributed by atoms with van der Waals surface area (Å²) in [6.07, 6.45) is 1.86. The summed E-state index contributed by atoms with van der Waals surface area (Å²) in [6.45, 7) is 2.31. The van der Waals surface area contributed by atoms with Crippen LogP contribution in [-0.2, 0) is 11.3 Å². The van der Waals surface area contributed by atoms with E-state index in [-0.39, 0.29) is 6.42 Å². The molecule has 0 saturated carbocycles. The third-order valence-corrected chi connectivity index (χ3v) is 4.47. The number of benzene rings is 1. The molecule has 0 atom stereocenters. The van der Waals surface area contributed by atoms with Crippen LogP contribution in [0.15, 0.2) is 41.9 Å². The van der Waals surface area contributed by atoms with Crippen molar-refractivity contribution in [3.63, 3.8) is 0 Å². The van der Waals surface area contributed by atoms with Crippen molar-refractivity contribution in [1.29, 1.82) is 0 Å². The van der Waals surface area contributed by atoms with E-state index in [1.165, 1.54) is 0 Å². The number of thiazole rings is 1. The maximum absolute atomic E-state index is 12.2. The summed E-state index contributed by atoms with van der Waals surface area (Å²) in [6, 6.07) is 8.72. The molecule has 0 saturated heterocycles. The Hall–Kier alpha value is -3.20. The van der Waals surface area contributed by atoms with E-state index in [0.29, 0.717) is 18.1 Å². The van der Waals surface area contributed by atoms with Gasteiger partial charge in [-0.25, -0.2) is 9.78 Å². The van der Waals surface area contributed by atoms with Gasteiger partial charge >= 0.3 is 6.03 Å². The number of carbonyl (C=O) groups is 2. The van der Waals surface area contributed by atoms with Gasteiger partial charge in [-0.1, -0.05) is 12.1 Å². The van der Waals surface area contributed by atoms with Crippen LogP contribution in [0.2, 0.25) is 0 Å². The summed E-state index contributed by atoms with van der Waals surface area (Å²) in [5.74, 6) is -0.0123. The molecule has 2 aromatic heterocycles. The minimum absolute atomic E-state index is 0.191. The van der Waals surface area contributed by atoms with Crippen molar-refractivity contribution in [3.8, 4) is 10.6 Å². The van der Waals surface area contributed by atoms with Crippen molar-refractivity contribution < 1.29 is 9.59 Å². The van der Waals surface area contributed by atoms with Gasteiger partial charge in [-0.05, 0) is 19.1 Å². The minimum Gasteiger partial charge on any atom is -0.370 e. The van der Waals surface area contributed by atoms with E-state index < -0.39 is 11.9 Å². The highest BCUT2D eigenvalue weighted by Crippen LogP contribution is 2.25. The number of aryl methyl sites for hydroxylation is 2. The van der Waals surface area contributed by atoms with E-state index in [4.69, 9.17) is 5.73 Å². The van der Waals surface area contributed by atoms with E-state index in [0.717, 1.165) is 16.3 Å². The Balaban J connectivity index is 1.61. The second kappa shape index (κ2) is 7.79. The molecule has 0 radical (unpaired) electrons. The van der Waals surface area contributed by atoms with E-state index in [1.807, 2.05) is 30.5 Å². The lowest BCUT2D eigenvalue weighted by Gasteiger charge is -2.07. The third kappa shape index (κ3) is 4.67. The van der Waals surface area contributed by atoms with Crippen molar-refractivity contribution in [3.05, 3.63) is 47.6 Å². The van der Waals surface area contributed by atoms with Crippen LogP contribution in [-0.4, -0.2) is 26.7 Å². The van der Waals surface area contributed by atoms with Gasteiger partial charge in [0.25, 0.3) is 0 Å². The molecule has 1 aromatic carbocycles. The van der Waals surface area contributed by atoms with E-state index in [9.17, 15) is 9.59 Å². The number of hydrogen-bond acceptors (Lipinski definition) is 5. The quantitative estimate of drug-likeness (QED) is 0.619. The molecule has 4 N–H and O–H groups in total. The molecule has 0 fully saturated rings. The number of amides is 3. The van der Waals surface area contributed by atoms with Gasteiger partial charge in [0.2, 0.25) is 5.91 Å². The number of anilines is 2. The average molecular weight is 370 g/mol. The Labute approximate surface area is 154 Å². The van der Waals surface area contributed by atoms with Crippen LogP contribution < -0.4 is 16.4 Å². The Morgan fingerprint density at radius 3 is 2.85 bits per heavy atom. The van der Waals surface area contributed by atoms with Crippen LogP contribution in [0.4, 0.5) is 16.3 Å². The fourth-order valence-corrected chi connectivity index (χ4v) is 3.07. The standard InChI is InChI=1S/C17H18N6O2S/c1-11-10-26-16(19-11)12-3-2-4-13(9-12)20-17(25)21-15-6-8-23(22-15)7-5-14(18)24/h2-4,6,8-10H,5,7H2,1H3,(H2,18,24)(H2,20,21,22,25). The lowest BCUT2D eigenvalue weighted by molar-refractivity contribution is -0.118. The molecule has 3 rings (SSSR count). The Bertz CT molecular complexity index is 933. The average Bonchev–Trinajstić information content (AvgIpc) is 3.22. The van der Waals surface area contributed by atoms with Gasteiger partial charge in [-0.15, -0.1) is 11.3 Å². The van der Waals surface area contributed by atoms with Crippen molar-refractivity contribution in [1.82, 2.24) is 14.8 Å². The number of urea groups is 1. The molecule has 134 valence electrons. The summed E-state index contributed by atoms with van der Waals surface area (Å²) in [5, 5.41) is 12.5. The molecule has 0 aliphatic rings. The van der Waals surface area contributed by atoms with Crippen LogP contribution in [0.5, 0.6) is 0 Å². The van der Waals surface area contributed by atoms with Gasteiger partial charge in [0.05, 0.1) is 0 Å². The van der Waals surface area contributed by atoms with Gasteiger partial charge < -0.3 is 11.1 Å². The SMILES string of the molecule is Cc1csc(-c2cccc(NC(=O)Nc3ccn(CCC(N)=O)n3)c2)n1. The van der Waals surface area contributed by atoms with Gasteiger partial charge in [-0.2, -0.15) is 5.10 Å². The molecule has 9 heteroatoms. The van der Waals surface area contributed by atoms with Gasteiger partial charge in [0.1, 0.15) is 5.01 Å². The topological polar surface area (TPSA) is 115 Å². The molecule has 0 aliphatic heterocycles. The molecular formula is C17H18N6O2S. The van der Waals surface area contributed by atoms with Gasteiger partial charge in [0.15, 0.2) is 5.82 Å². The van der Waals surface area contributed by atoms with Gasteiger partial charge in [-0.3, -0.25) is 14.8 Å². The lowest BCUT2D eigenvalue weighted by atomic mass is 10.2. The van der Waals surface area contributed by atoms with Crippen LogP contribution in [0.1, 0.15) is 12.1 Å². The molecule has 0 unspecified atom stereocenters. The molecule has 3 amide bonds. The lowest BCUT2D eigenvalue weighted by Crippen LogP contribution is -2.20. The Morgan fingerprint density at radius 2 is 2.12 bits per heavy atom. The highest BCUT2D eigenvalue weighted by molar-refractivity contribution is 7.13. The number of aromatic nitrogens is 3. The molecule has 3 aromatic rings. The van der Waals surface area contributed by atoms with Crippen LogP contribution in [0.25, 0.3) is 10.6 Å². The summed E-state index contributed by atoms with van der Waals surface area (Å²) in [7, 11) is 0. The van der Waals surface area contributed by atoms with Crippen LogP contribution in [0, 0.1) is 6.92 Å². The third-order valence-electron chi connectivity index (χ3n) is 3.46. The van der Waals surface area contributed by atoms with E-state index >= 15 is 0 Å². The van der Waals surface area contributed by atoms with Gasteiger partial charge in [0, 0.05) is 47.6 Å².